The Kier molecular flexibility index (Phi) is 8.20. The Labute approximate surface area is 223 Å². The first-order valence-electron chi connectivity index (χ1n) is 12.7. The molecule has 0 amide bonds. The van der Waals surface area contributed by atoms with Gasteiger partial charge in [0.1, 0.15) is 28.7 Å². The summed E-state index contributed by atoms with van der Waals surface area (Å²) in [5, 5.41) is 3.63. The summed E-state index contributed by atoms with van der Waals surface area (Å²) in [7, 11) is 3.26. The van der Waals surface area contributed by atoms with Gasteiger partial charge in [-0.2, -0.15) is 4.98 Å². The molecule has 1 fully saturated rings. The van der Waals surface area contributed by atoms with Crippen LogP contribution in [0.15, 0.2) is 85.1 Å². The highest BCUT2D eigenvalue weighted by atomic mass is 16.5. The topological polar surface area (TPSA) is 78.0 Å². The lowest BCUT2D eigenvalue weighted by Crippen LogP contribution is -2.41. The predicted molar refractivity (Wildman–Crippen MR) is 147 cm³/mol. The molecule has 1 aromatic heterocycles. The van der Waals surface area contributed by atoms with E-state index < -0.39 is 0 Å². The van der Waals surface area contributed by atoms with Crippen molar-refractivity contribution in [3.63, 3.8) is 0 Å². The summed E-state index contributed by atoms with van der Waals surface area (Å²) in [4.78, 5) is 11.5. The zero-order valence-corrected chi connectivity index (χ0v) is 21.7. The number of hydrogen-bond donors (Lipinski definition) is 1. The highest BCUT2D eigenvalue weighted by molar-refractivity contribution is 5.54. The van der Waals surface area contributed by atoms with E-state index in [1.807, 2.05) is 48.5 Å². The maximum atomic E-state index is 6.21. The van der Waals surface area contributed by atoms with E-state index in [0.717, 1.165) is 49.7 Å². The molecule has 4 aromatic rings. The van der Waals surface area contributed by atoms with Gasteiger partial charge >= 0.3 is 6.01 Å². The van der Waals surface area contributed by atoms with Crippen molar-refractivity contribution in [2.45, 2.75) is 25.4 Å². The van der Waals surface area contributed by atoms with Crippen LogP contribution in [-0.4, -0.2) is 48.2 Å². The molecule has 3 aromatic carbocycles. The Bertz CT molecular complexity index is 1300. The molecule has 8 heteroatoms. The fourth-order valence-corrected chi connectivity index (χ4v) is 4.46. The Morgan fingerprint density at radius 1 is 0.816 bits per heavy atom. The summed E-state index contributed by atoms with van der Waals surface area (Å²) < 4.78 is 22.6. The fraction of sp³-hybridized carbons (Fsp3) is 0.267. The van der Waals surface area contributed by atoms with Crippen molar-refractivity contribution in [3.05, 3.63) is 90.6 Å². The third kappa shape index (κ3) is 6.72. The van der Waals surface area contributed by atoms with Crippen molar-refractivity contribution in [2.75, 3.05) is 32.6 Å². The molecular weight excluding hydrogens is 480 g/mol. The minimum atomic E-state index is 0.193. The number of nitrogens with zero attached hydrogens (tertiary/aromatic N) is 3. The molecule has 0 radical (unpaired) electrons. The van der Waals surface area contributed by atoms with Crippen LogP contribution in [0.4, 0.5) is 5.69 Å². The summed E-state index contributed by atoms with van der Waals surface area (Å²) in [6.45, 7) is 2.92. The Hall–Kier alpha value is -4.30. The van der Waals surface area contributed by atoms with Crippen LogP contribution in [0.25, 0.3) is 0 Å². The standard InChI is InChI=1S/C30H32N4O4/c1-35-24-10-14-26(15-11-24)37-29-28(19-31-30(33-29)38-27-16-12-25(36-2)13-17-27)32-23-9-6-18-34(21-23)20-22-7-4-3-5-8-22/h3-5,7-8,10-17,19,23,32H,6,9,18,20-21H2,1-2H3. The van der Waals surface area contributed by atoms with Gasteiger partial charge in [0.15, 0.2) is 0 Å². The van der Waals surface area contributed by atoms with E-state index in [4.69, 9.17) is 18.9 Å². The van der Waals surface area contributed by atoms with E-state index in [-0.39, 0.29) is 12.1 Å². The molecule has 0 spiro atoms. The van der Waals surface area contributed by atoms with Gasteiger partial charge in [-0.25, -0.2) is 4.98 Å². The molecule has 196 valence electrons. The first-order chi connectivity index (χ1) is 18.7. The average molecular weight is 513 g/mol. The van der Waals surface area contributed by atoms with Crippen molar-refractivity contribution < 1.29 is 18.9 Å². The maximum absolute atomic E-state index is 6.21. The van der Waals surface area contributed by atoms with Gasteiger partial charge in [-0.1, -0.05) is 30.3 Å². The zero-order chi connectivity index (χ0) is 26.2. The van der Waals surface area contributed by atoms with E-state index in [1.54, 1.807) is 20.4 Å². The summed E-state index contributed by atoms with van der Waals surface area (Å²) in [5.41, 5.74) is 2.04. The lowest BCUT2D eigenvalue weighted by atomic mass is 10.0. The lowest BCUT2D eigenvalue weighted by Gasteiger charge is -2.33. The minimum Gasteiger partial charge on any atom is -0.497 e. The molecule has 0 bridgehead atoms. The van der Waals surface area contributed by atoms with E-state index in [2.05, 4.69) is 50.5 Å². The molecule has 0 saturated carbocycles. The van der Waals surface area contributed by atoms with Crippen molar-refractivity contribution in [2.24, 2.45) is 0 Å². The SMILES string of the molecule is COc1ccc(Oc2ncc(NC3CCCN(Cc4ccccc4)C3)c(Oc3ccc(OC)cc3)n2)cc1. The van der Waals surface area contributed by atoms with Crippen LogP contribution in [0.3, 0.4) is 0 Å². The number of aromatic nitrogens is 2. The van der Waals surface area contributed by atoms with Crippen LogP contribution >= 0.6 is 0 Å². The molecular formula is C30H32N4O4. The highest BCUT2D eigenvalue weighted by Crippen LogP contribution is 2.32. The smallest absolute Gasteiger partial charge is 0.325 e. The number of hydrogen-bond acceptors (Lipinski definition) is 8. The molecule has 2 heterocycles. The first-order valence-corrected chi connectivity index (χ1v) is 12.7. The third-order valence-electron chi connectivity index (χ3n) is 6.39. The number of methoxy groups -OCH3 is 2. The molecule has 1 saturated heterocycles. The highest BCUT2D eigenvalue weighted by Gasteiger charge is 2.22. The van der Waals surface area contributed by atoms with Crippen LogP contribution in [0.5, 0.6) is 34.9 Å². The Morgan fingerprint density at radius 2 is 1.45 bits per heavy atom. The number of piperidine rings is 1. The van der Waals surface area contributed by atoms with Crippen molar-refractivity contribution in [1.29, 1.82) is 0 Å². The van der Waals surface area contributed by atoms with E-state index in [1.165, 1.54) is 5.56 Å². The number of nitrogens with one attached hydrogen (secondary N) is 1. The summed E-state index contributed by atoms with van der Waals surface area (Å²) in [6, 6.07) is 25.7. The second-order valence-corrected chi connectivity index (χ2v) is 9.13. The van der Waals surface area contributed by atoms with Gasteiger partial charge < -0.3 is 24.3 Å². The van der Waals surface area contributed by atoms with Gasteiger partial charge in [0, 0.05) is 19.1 Å². The number of benzene rings is 3. The van der Waals surface area contributed by atoms with Gasteiger partial charge in [-0.05, 0) is 73.5 Å². The average Bonchev–Trinajstić information content (AvgIpc) is 2.96. The number of rotatable bonds is 10. The molecule has 1 aliphatic rings. The Balaban J connectivity index is 1.34. The normalized spacial score (nSPS) is 15.5. The van der Waals surface area contributed by atoms with Gasteiger partial charge in [0.25, 0.3) is 0 Å². The predicted octanol–water partition coefficient (Wildman–Crippen LogP) is 6.15. The van der Waals surface area contributed by atoms with E-state index in [0.29, 0.717) is 17.4 Å². The van der Waals surface area contributed by atoms with Crippen LogP contribution in [0, 0.1) is 0 Å². The van der Waals surface area contributed by atoms with Crippen LogP contribution in [-0.2, 0) is 6.54 Å². The second-order valence-electron chi connectivity index (χ2n) is 9.13. The number of ether oxygens (including phenoxy) is 4. The summed E-state index contributed by atoms with van der Waals surface area (Å²) in [6.07, 6.45) is 3.89. The molecule has 1 atom stereocenters. The van der Waals surface area contributed by atoms with Crippen LogP contribution in [0.2, 0.25) is 0 Å². The number of anilines is 1. The van der Waals surface area contributed by atoms with Crippen LogP contribution in [0.1, 0.15) is 18.4 Å². The quantitative estimate of drug-likeness (QED) is 0.271. The Morgan fingerprint density at radius 3 is 2.11 bits per heavy atom. The van der Waals surface area contributed by atoms with Gasteiger partial charge in [0.2, 0.25) is 5.88 Å². The molecule has 38 heavy (non-hydrogen) atoms. The molecule has 1 unspecified atom stereocenters. The van der Waals surface area contributed by atoms with Crippen molar-refractivity contribution >= 4 is 5.69 Å². The van der Waals surface area contributed by atoms with Crippen molar-refractivity contribution in [3.8, 4) is 34.9 Å². The molecule has 1 N–H and O–H groups in total. The van der Waals surface area contributed by atoms with Crippen molar-refractivity contribution in [1.82, 2.24) is 14.9 Å². The zero-order valence-electron chi connectivity index (χ0n) is 21.7. The maximum Gasteiger partial charge on any atom is 0.325 e. The third-order valence-corrected chi connectivity index (χ3v) is 6.39. The molecule has 5 rings (SSSR count). The first kappa shape index (κ1) is 25.4. The van der Waals surface area contributed by atoms with E-state index in [9.17, 15) is 0 Å². The van der Waals surface area contributed by atoms with Gasteiger partial charge in [0.05, 0.1) is 20.4 Å². The monoisotopic (exact) mass is 512 g/mol. The minimum absolute atomic E-state index is 0.193. The number of likely N-dealkylation sites (tertiary alicyclic amines) is 1. The summed E-state index contributed by atoms with van der Waals surface area (Å²) >= 11 is 0. The molecule has 1 aliphatic heterocycles. The van der Waals surface area contributed by atoms with Crippen LogP contribution < -0.4 is 24.3 Å². The van der Waals surface area contributed by atoms with Gasteiger partial charge in [-0.3, -0.25) is 4.90 Å². The summed E-state index contributed by atoms with van der Waals surface area (Å²) in [5.74, 6) is 3.13. The van der Waals surface area contributed by atoms with E-state index >= 15 is 0 Å². The molecule has 8 nitrogen and oxygen atoms in total. The molecule has 0 aliphatic carbocycles. The lowest BCUT2D eigenvalue weighted by molar-refractivity contribution is 0.208. The largest absolute Gasteiger partial charge is 0.497 e. The fourth-order valence-electron chi connectivity index (χ4n) is 4.46. The van der Waals surface area contributed by atoms with Gasteiger partial charge in [-0.15, -0.1) is 0 Å². The second kappa shape index (κ2) is 12.3.